The first-order valence-corrected chi connectivity index (χ1v) is 8.13. The van der Waals surface area contributed by atoms with Gasteiger partial charge in [-0.05, 0) is 72.6 Å². The van der Waals surface area contributed by atoms with Gasteiger partial charge in [0.2, 0.25) is 0 Å². The molecule has 0 spiro atoms. The molecule has 114 valence electrons. The van der Waals surface area contributed by atoms with E-state index < -0.39 is 0 Å². The molecule has 0 radical (unpaired) electrons. The van der Waals surface area contributed by atoms with E-state index in [9.17, 15) is 9.90 Å². The minimum atomic E-state index is 0.0688. The van der Waals surface area contributed by atoms with Crippen LogP contribution >= 0.6 is 0 Å². The van der Waals surface area contributed by atoms with Gasteiger partial charge in [0, 0.05) is 5.56 Å². The summed E-state index contributed by atoms with van der Waals surface area (Å²) >= 11 is 0. The zero-order chi connectivity index (χ0) is 15.4. The van der Waals surface area contributed by atoms with E-state index in [0.29, 0.717) is 11.3 Å². The predicted octanol–water partition coefficient (Wildman–Crippen LogP) is 4.63. The second kappa shape index (κ2) is 4.59. The smallest absolute Gasteiger partial charge is 0.160 e. The summed E-state index contributed by atoms with van der Waals surface area (Å²) in [7, 11) is 0. The summed E-state index contributed by atoms with van der Waals surface area (Å²) in [5.41, 5.74) is 3.59. The minimum absolute atomic E-state index is 0.0688. The lowest BCUT2D eigenvalue weighted by atomic mass is 9.50. The summed E-state index contributed by atoms with van der Waals surface area (Å²) in [4.78, 5) is 12.0. The molecule has 2 nitrogen and oxygen atoms in total. The van der Waals surface area contributed by atoms with Crippen LogP contribution in [-0.2, 0) is 11.8 Å². The van der Waals surface area contributed by atoms with Crippen molar-refractivity contribution in [2.75, 3.05) is 0 Å². The average molecular weight is 286 g/mol. The maximum absolute atomic E-state index is 12.0. The first kappa shape index (κ1) is 14.6. The van der Waals surface area contributed by atoms with E-state index in [4.69, 9.17) is 0 Å². The van der Waals surface area contributed by atoms with E-state index in [2.05, 4.69) is 20.8 Å². The summed E-state index contributed by atoms with van der Waals surface area (Å²) in [5, 5.41) is 10.1. The van der Waals surface area contributed by atoms with Crippen molar-refractivity contribution in [2.45, 2.75) is 65.2 Å². The van der Waals surface area contributed by atoms with Gasteiger partial charge in [0.25, 0.3) is 0 Å². The van der Waals surface area contributed by atoms with Crippen LogP contribution in [0.5, 0.6) is 5.75 Å². The van der Waals surface area contributed by atoms with Crippen molar-refractivity contribution < 1.29 is 9.90 Å². The van der Waals surface area contributed by atoms with Crippen molar-refractivity contribution in [3.05, 3.63) is 28.8 Å². The van der Waals surface area contributed by atoms with Gasteiger partial charge in [0.05, 0.1) is 0 Å². The molecule has 2 aliphatic carbocycles. The van der Waals surface area contributed by atoms with Crippen LogP contribution in [0.1, 0.15) is 74.9 Å². The van der Waals surface area contributed by atoms with Crippen LogP contribution in [0.4, 0.5) is 0 Å². The maximum Gasteiger partial charge on any atom is 0.160 e. The van der Waals surface area contributed by atoms with Crippen LogP contribution in [0.25, 0.3) is 0 Å². The number of carbonyl (C=O) groups excluding carboxylic acids is 1. The van der Waals surface area contributed by atoms with E-state index >= 15 is 0 Å². The standard InChI is InChI=1S/C19H26O2/c1-12(20)15-10-13(21)11-16-14(15)6-7-17-18(2,3)8-5-9-19(16,17)4/h10-11,17,21H,5-9H2,1-4H3/t17-,19+/m1/s1. The number of hydrogen-bond donors (Lipinski definition) is 1. The summed E-state index contributed by atoms with van der Waals surface area (Å²) in [6.07, 6.45) is 5.79. The molecule has 0 saturated heterocycles. The molecule has 2 aliphatic rings. The van der Waals surface area contributed by atoms with Crippen molar-refractivity contribution >= 4 is 5.78 Å². The largest absolute Gasteiger partial charge is 0.508 e. The molecule has 1 aromatic carbocycles. The van der Waals surface area contributed by atoms with Crippen molar-refractivity contribution in [1.82, 2.24) is 0 Å². The first-order chi connectivity index (χ1) is 9.75. The third kappa shape index (κ3) is 2.11. The van der Waals surface area contributed by atoms with E-state index in [-0.39, 0.29) is 16.9 Å². The SMILES string of the molecule is CC(=O)c1cc(O)cc2c1CC[C@@H]1C(C)(C)CCC[C@@]21C. The fourth-order valence-electron chi connectivity index (χ4n) is 5.19. The van der Waals surface area contributed by atoms with Gasteiger partial charge in [0.1, 0.15) is 5.75 Å². The highest BCUT2D eigenvalue weighted by Gasteiger charge is 2.50. The summed E-state index contributed by atoms with van der Waals surface area (Å²) < 4.78 is 0. The van der Waals surface area contributed by atoms with Gasteiger partial charge in [-0.2, -0.15) is 0 Å². The maximum atomic E-state index is 12.0. The molecule has 0 aromatic heterocycles. The molecule has 3 rings (SSSR count). The zero-order valence-electron chi connectivity index (χ0n) is 13.6. The normalized spacial score (nSPS) is 30.4. The molecule has 0 bridgehead atoms. The fraction of sp³-hybridized carbons (Fsp3) is 0.632. The molecule has 2 atom stereocenters. The molecule has 1 aromatic rings. The summed E-state index contributed by atoms with van der Waals surface area (Å²) in [6.45, 7) is 8.72. The number of benzene rings is 1. The lowest BCUT2D eigenvalue weighted by Crippen LogP contribution is -2.48. The topological polar surface area (TPSA) is 37.3 Å². The second-order valence-corrected chi connectivity index (χ2v) is 7.93. The molecule has 21 heavy (non-hydrogen) atoms. The van der Waals surface area contributed by atoms with Gasteiger partial charge in [-0.1, -0.05) is 27.2 Å². The fourth-order valence-corrected chi connectivity index (χ4v) is 5.19. The molecule has 0 amide bonds. The van der Waals surface area contributed by atoms with Crippen LogP contribution in [0.2, 0.25) is 0 Å². The molecular formula is C19H26O2. The third-order valence-corrected chi connectivity index (χ3v) is 6.14. The molecule has 2 heteroatoms. The molecular weight excluding hydrogens is 260 g/mol. The Morgan fingerprint density at radius 1 is 1.24 bits per heavy atom. The molecule has 1 saturated carbocycles. The van der Waals surface area contributed by atoms with Gasteiger partial charge in [-0.3, -0.25) is 4.79 Å². The number of phenolic OH excluding ortho intramolecular Hbond substituents is 1. The Morgan fingerprint density at radius 3 is 2.62 bits per heavy atom. The van der Waals surface area contributed by atoms with Crippen LogP contribution in [0.15, 0.2) is 12.1 Å². The Labute approximate surface area is 127 Å². The van der Waals surface area contributed by atoms with Crippen LogP contribution in [0, 0.1) is 11.3 Å². The van der Waals surface area contributed by atoms with E-state index in [0.717, 1.165) is 24.8 Å². The van der Waals surface area contributed by atoms with Gasteiger partial charge in [0.15, 0.2) is 5.78 Å². The van der Waals surface area contributed by atoms with E-state index in [1.165, 1.54) is 24.0 Å². The molecule has 1 fully saturated rings. The Kier molecular flexibility index (Phi) is 3.20. The average Bonchev–Trinajstić information content (AvgIpc) is 2.37. The number of phenols is 1. The van der Waals surface area contributed by atoms with Crippen LogP contribution < -0.4 is 0 Å². The van der Waals surface area contributed by atoms with Gasteiger partial charge in [-0.15, -0.1) is 0 Å². The predicted molar refractivity (Wildman–Crippen MR) is 84.9 cm³/mol. The number of hydrogen-bond acceptors (Lipinski definition) is 2. The lowest BCUT2D eigenvalue weighted by molar-refractivity contribution is 0.0404. The zero-order valence-corrected chi connectivity index (χ0v) is 13.6. The summed E-state index contributed by atoms with van der Waals surface area (Å²) in [6, 6.07) is 3.58. The molecule has 1 N–H and O–H groups in total. The van der Waals surface area contributed by atoms with Gasteiger partial charge >= 0.3 is 0 Å². The summed E-state index contributed by atoms with van der Waals surface area (Å²) in [5.74, 6) is 0.941. The van der Waals surface area contributed by atoms with E-state index in [1.54, 1.807) is 13.0 Å². The highest BCUT2D eigenvalue weighted by Crippen LogP contribution is 2.57. The van der Waals surface area contributed by atoms with Crippen LogP contribution in [-0.4, -0.2) is 10.9 Å². The number of Topliss-reactive ketones (excluding diaryl/α,β-unsaturated/α-hetero) is 1. The van der Waals surface area contributed by atoms with Gasteiger partial charge in [-0.25, -0.2) is 0 Å². The Bertz CT molecular complexity index is 600. The van der Waals surface area contributed by atoms with Crippen molar-refractivity contribution in [1.29, 1.82) is 0 Å². The highest BCUT2D eigenvalue weighted by atomic mass is 16.3. The van der Waals surface area contributed by atoms with Crippen molar-refractivity contribution in [2.24, 2.45) is 11.3 Å². The van der Waals surface area contributed by atoms with Crippen molar-refractivity contribution in [3.63, 3.8) is 0 Å². The third-order valence-electron chi connectivity index (χ3n) is 6.14. The van der Waals surface area contributed by atoms with Crippen LogP contribution in [0.3, 0.4) is 0 Å². The van der Waals surface area contributed by atoms with Gasteiger partial charge < -0.3 is 5.11 Å². The second-order valence-electron chi connectivity index (χ2n) is 7.93. The van der Waals surface area contributed by atoms with E-state index in [1.807, 2.05) is 6.07 Å². The number of carbonyl (C=O) groups is 1. The molecule has 0 heterocycles. The number of rotatable bonds is 1. The lowest BCUT2D eigenvalue weighted by Gasteiger charge is -2.54. The highest BCUT2D eigenvalue weighted by molar-refractivity contribution is 5.96. The minimum Gasteiger partial charge on any atom is -0.508 e. The molecule has 0 aliphatic heterocycles. The molecule has 0 unspecified atom stereocenters. The van der Waals surface area contributed by atoms with Crippen molar-refractivity contribution in [3.8, 4) is 5.75 Å². The first-order valence-electron chi connectivity index (χ1n) is 8.13. The monoisotopic (exact) mass is 286 g/mol. The Balaban J connectivity index is 2.20. The number of fused-ring (bicyclic) bond motifs is 3. The Morgan fingerprint density at radius 2 is 1.95 bits per heavy atom. The Hall–Kier alpha value is -1.31. The quantitative estimate of drug-likeness (QED) is 0.764. The number of aromatic hydroxyl groups is 1. The number of ketones is 1.